The fraction of sp³-hybridized carbons (Fsp3) is 0.471. The summed E-state index contributed by atoms with van der Waals surface area (Å²) in [6.07, 6.45) is 4.05. The van der Waals surface area contributed by atoms with Crippen molar-refractivity contribution < 1.29 is 13.9 Å². The molecule has 27 heavy (non-hydrogen) atoms. The number of carbonyl (C=O) groups excluding carboxylic acids is 1. The van der Waals surface area contributed by atoms with Crippen LogP contribution in [0.15, 0.2) is 18.2 Å². The zero-order valence-corrected chi connectivity index (χ0v) is 16.6. The summed E-state index contributed by atoms with van der Waals surface area (Å²) in [5.41, 5.74) is 6.48. The molecule has 0 radical (unpaired) electrons. The first-order valence-corrected chi connectivity index (χ1v) is 8.37. The minimum absolute atomic E-state index is 0. The summed E-state index contributed by atoms with van der Waals surface area (Å²) >= 11 is 0. The van der Waals surface area contributed by atoms with Gasteiger partial charge in [0.05, 0.1) is 12.2 Å². The summed E-state index contributed by atoms with van der Waals surface area (Å²) in [6.45, 7) is 0.879. The average Bonchev–Trinajstić information content (AvgIpc) is 2.84. The van der Waals surface area contributed by atoms with Crippen LogP contribution in [0.1, 0.15) is 25.1 Å². The van der Waals surface area contributed by atoms with Crippen LogP contribution in [0.25, 0.3) is 11.4 Å². The molecule has 7 nitrogen and oxygen atoms in total. The van der Waals surface area contributed by atoms with Crippen molar-refractivity contribution in [2.24, 2.45) is 5.73 Å². The molecule has 1 aromatic heterocycles. The third-order valence-corrected chi connectivity index (χ3v) is 4.27. The number of hydrogen-bond donors (Lipinski definition) is 2. The number of ether oxygens (including phenoxy) is 1. The smallest absolute Gasteiger partial charge is 0.243 e. The Labute approximate surface area is 169 Å². The van der Waals surface area contributed by atoms with Gasteiger partial charge in [0.2, 0.25) is 5.91 Å². The lowest BCUT2D eigenvalue weighted by Crippen LogP contribution is -2.39. The number of aromatic nitrogens is 3. The third-order valence-electron chi connectivity index (χ3n) is 4.27. The summed E-state index contributed by atoms with van der Waals surface area (Å²) in [5.74, 6) is 0.577. The first-order chi connectivity index (χ1) is 12.1. The van der Waals surface area contributed by atoms with Gasteiger partial charge in [-0.2, -0.15) is 0 Å². The van der Waals surface area contributed by atoms with Crippen molar-refractivity contribution in [3.8, 4) is 11.4 Å². The molecule has 150 valence electrons. The number of methoxy groups -OCH3 is 1. The summed E-state index contributed by atoms with van der Waals surface area (Å²) in [7, 11) is 1.47. The number of aryl methyl sites for hydroxylation is 1. The molecular weight excluding hydrogens is 396 g/mol. The normalized spacial score (nSPS) is 14.2. The van der Waals surface area contributed by atoms with E-state index in [4.69, 9.17) is 10.5 Å². The Kier molecular flexibility index (Phi) is 9.11. The van der Waals surface area contributed by atoms with Crippen LogP contribution in [0, 0.1) is 5.82 Å². The Morgan fingerprint density at radius 2 is 2.11 bits per heavy atom. The molecule has 1 unspecified atom stereocenters. The second kappa shape index (κ2) is 10.6. The maximum absolute atomic E-state index is 14.4. The van der Waals surface area contributed by atoms with Crippen LogP contribution in [0.4, 0.5) is 10.1 Å². The lowest BCUT2D eigenvalue weighted by Gasteiger charge is -2.13. The second-order valence-electron chi connectivity index (χ2n) is 6.15. The number of nitrogens with one attached hydrogen (secondary N) is 1. The van der Waals surface area contributed by atoms with Crippen LogP contribution in [-0.2, 0) is 22.5 Å². The van der Waals surface area contributed by atoms with Crippen molar-refractivity contribution in [1.29, 1.82) is 0 Å². The molecule has 1 aliphatic rings. The van der Waals surface area contributed by atoms with Gasteiger partial charge in [-0.25, -0.2) is 4.39 Å². The quantitative estimate of drug-likeness (QED) is 0.776. The maximum atomic E-state index is 14.4. The van der Waals surface area contributed by atoms with Gasteiger partial charge in [0.25, 0.3) is 0 Å². The predicted octanol–water partition coefficient (Wildman–Crippen LogP) is 2.57. The van der Waals surface area contributed by atoms with Gasteiger partial charge in [-0.1, -0.05) is 6.42 Å². The topological polar surface area (TPSA) is 95.1 Å². The van der Waals surface area contributed by atoms with Crippen molar-refractivity contribution in [1.82, 2.24) is 14.8 Å². The van der Waals surface area contributed by atoms with Gasteiger partial charge in [0, 0.05) is 25.8 Å². The molecule has 1 amide bonds. The number of anilines is 1. The fourth-order valence-corrected chi connectivity index (χ4v) is 2.95. The number of nitrogens with zero attached hydrogens (tertiary/aromatic N) is 3. The average molecular weight is 420 g/mol. The van der Waals surface area contributed by atoms with Crippen LogP contribution in [0.2, 0.25) is 0 Å². The number of carbonyl (C=O) groups is 1. The summed E-state index contributed by atoms with van der Waals surface area (Å²) in [4.78, 5) is 12.0. The van der Waals surface area contributed by atoms with E-state index >= 15 is 0 Å². The van der Waals surface area contributed by atoms with E-state index in [0.717, 1.165) is 38.1 Å². The largest absolute Gasteiger partial charge is 0.383 e. The van der Waals surface area contributed by atoms with Gasteiger partial charge in [-0.15, -0.1) is 35.0 Å². The zero-order chi connectivity index (χ0) is 17.8. The predicted molar refractivity (Wildman–Crippen MR) is 106 cm³/mol. The molecule has 1 aromatic carbocycles. The van der Waals surface area contributed by atoms with Gasteiger partial charge in [-0.05, 0) is 31.0 Å². The first-order valence-electron chi connectivity index (χ1n) is 8.37. The highest BCUT2D eigenvalue weighted by Gasteiger charge is 2.20. The molecule has 2 aromatic rings. The number of amides is 1. The summed E-state index contributed by atoms with van der Waals surface area (Å²) in [5, 5.41) is 11.1. The molecule has 0 saturated carbocycles. The SMILES string of the molecule is COCC(N)C(=O)Nc1ccc(F)c(-c2nnc3n2CCCCC3)c1.Cl.Cl. The Hall–Kier alpha value is -1.74. The van der Waals surface area contributed by atoms with Crippen molar-refractivity contribution in [2.45, 2.75) is 38.3 Å². The number of hydrogen-bond acceptors (Lipinski definition) is 5. The molecule has 0 bridgehead atoms. The van der Waals surface area contributed by atoms with Crippen LogP contribution >= 0.6 is 24.8 Å². The van der Waals surface area contributed by atoms with Crippen LogP contribution < -0.4 is 11.1 Å². The molecule has 3 N–H and O–H groups in total. The van der Waals surface area contributed by atoms with Gasteiger partial charge in [-0.3, -0.25) is 4.79 Å². The third kappa shape index (κ3) is 5.38. The maximum Gasteiger partial charge on any atom is 0.243 e. The second-order valence-corrected chi connectivity index (χ2v) is 6.15. The van der Waals surface area contributed by atoms with E-state index in [1.165, 1.54) is 19.2 Å². The van der Waals surface area contributed by atoms with E-state index in [-0.39, 0.29) is 37.3 Å². The van der Waals surface area contributed by atoms with Crippen molar-refractivity contribution in [3.05, 3.63) is 29.8 Å². The van der Waals surface area contributed by atoms with E-state index in [1.807, 2.05) is 4.57 Å². The number of fused-ring (bicyclic) bond motifs is 1. The highest BCUT2D eigenvalue weighted by atomic mass is 35.5. The highest BCUT2D eigenvalue weighted by molar-refractivity contribution is 5.95. The monoisotopic (exact) mass is 419 g/mol. The lowest BCUT2D eigenvalue weighted by atomic mass is 10.1. The molecule has 0 spiro atoms. The first kappa shape index (κ1) is 23.3. The van der Waals surface area contributed by atoms with E-state index in [0.29, 0.717) is 17.1 Å². The highest BCUT2D eigenvalue weighted by Crippen LogP contribution is 2.27. The van der Waals surface area contributed by atoms with E-state index in [1.54, 1.807) is 6.07 Å². The molecule has 1 atom stereocenters. The molecule has 10 heteroatoms. The molecule has 1 aliphatic heterocycles. The van der Waals surface area contributed by atoms with Crippen molar-refractivity contribution in [3.63, 3.8) is 0 Å². The van der Waals surface area contributed by atoms with E-state index in [9.17, 15) is 9.18 Å². The zero-order valence-electron chi connectivity index (χ0n) is 15.0. The van der Waals surface area contributed by atoms with Gasteiger partial charge < -0.3 is 20.4 Å². The Morgan fingerprint density at radius 1 is 1.33 bits per heavy atom. The lowest BCUT2D eigenvalue weighted by molar-refractivity contribution is -0.118. The number of halogens is 3. The standard InChI is InChI=1S/C17H22FN5O2.2ClH/c1-25-10-14(19)17(24)20-11-6-7-13(18)12(9-11)16-22-21-15-5-3-2-4-8-23(15)16;;/h6-7,9,14H,2-5,8,10,19H2,1H3,(H,20,24);2*1H. The van der Waals surface area contributed by atoms with Crippen molar-refractivity contribution in [2.75, 3.05) is 19.0 Å². The Morgan fingerprint density at radius 3 is 2.85 bits per heavy atom. The summed E-state index contributed by atoms with van der Waals surface area (Å²) in [6, 6.07) is 3.58. The Balaban J connectivity index is 0.00000182. The number of benzene rings is 1. The Bertz CT molecular complexity index is 772. The molecular formula is C17H24Cl2FN5O2. The minimum Gasteiger partial charge on any atom is -0.383 e. The van der Waals surface area contributed by atoms with Gasteiger partial charge in [0.15, 0.2) is 5.82 Å². The van der Waals surface area contributed by atoms with Crippen LogP contribution in [0.5, 0.6) is 0 Å². The van der Waals surface area contributed by atoms with Crippen LogP contribution in [0.3, 0.4) is 0 Å². The molecule has 2 heterocycles. The summed E-state index contributed by atoms with van der Waals surface area (Å²) < 4.78 is 21.2. The van der Waals surface area contributed by atoms with E-state index in [2.05, 4.69) is 15.5 Å². The fourth-order valence-electron chi connectivity index (χ4n) is 2.95. The van der Waals surface area contributed by atoms with Crippen LogP contribution in [-0.4, -0.2) is 40.4 Å². The van der Waals surface area contributed by atoms with E-state index < -0.39 is 11.9 Å². The number of nitrogens with two attached hydrogens (primary N) is 1. The molecule has 3 rings (SSSR count). The van der Waals surface area contributed by atoms with Crippen molar-refractivity contribution >= 4 is 36.4 Å². The minimum atomic E-state index is -0.789. The molecule has 0 aliphatic carbocycles. The number of rotatable bonds is 5. The van der Waals surface area contributed by atoms with Gasteiger partial charge >= 0.3 is 0 Å². The molecule has 0 fully saturated rings. The van der Waals surface area contributed by atoms with Gasteiger partial charge in [0.1, 0.15) is 17.7 Å². The molecule has 0 saturated heterocycles.